The molecule has 0 aromatic heterocycles. The SMILES string of the molecule is CCCCCCCCCCCCC(=O)O[C@H](COC(=O)CCCCCCC)COP(=O)(O)OC[C@H](O)COP(=O)(O)OC[C@@H](COC(=O)CCCCCCCCCCC(C)C)OC(=O)CCCCCCCCCCCCCCCC(C)C. The topological polar surface area (TPSA) is 237 Å². The number of unbranched alkanes of at least 4 members (excludes halogenated alkanes) is 32. The number of phosphoric acid groups is 2. The van der Waals surface area contributed by atoms with Crippen molar-refractivity contribution in [3.8, 4) is 0 Å². The number of aliphatic hydroxyl groups excluding tert-OH is 1. The molecule has 19 heteroatoms. The Bertz CT molecular complexity index is 1620. The van der Waals surface area contributed by atoms with Crippen LogP contribution >= 0.6 is 15.6 Å². The van der Waals surface area contributed by atoms with Crippen LogP contribution in [-0.4, -0.2) is 96.7 Å². The smallest absolute Gasteiger partial charge is 0.462 e. The van der Waals surface area contributed by atoms with Crippen LogP contribution < -0.4 is 0 Å². The number of ether oxygens (including phenoxy) is 4. The summed E-state index contributed by atoms with van der Waals surface area (Å²) in [5, 5.41) is 10.5. The number of carbonyl (C=O) groups is 4. The number of carbonyl (C=O) groups excluding carboxylic acids is 4. The minimum atomic E-state index is -4.94. The molecule has 0 heterocycles. The normalized spacial score (nSPS) is 14.3. The van der Waals surface area contributed by atoms with Crippen LogP contribution in [0.4, 0.5) is 0 Å². The molecule has 3 N–H and O–H groups in total. The van der Waals surface area contributed by atoms with Gasteiger partial charge in [0.25, 0.3) is 0 Å². The largest absolute Gasteiger partial charge is 0.472 e. The van der Waals surface area contributed by atoms with Crippen molar-refractivity contribution in [3.05, 3.63) is 0 Å². The third-order valence-electron chi connectivity index (χ3n) is 14.5. The highest BCUT2D eigenvalue weighted by molar-refractivity contribution is 7.47. The van der Waals surface area contributed by atoms with Crippen molar-refractivity contribution in [3.63, 3.8) is 0 Å². The molecule has 0 rings (SSSR count). The molecule has 5 atom stereocenters. The quantitative estimate of drug-likeness (QED) is 0.0222. The first-order valence-electron chi connectivity index (χ1n) is 33.0. The Morgan fingerprint density at radius 3 is 0.829 bits per heavy atom. The van der Waals surface area contributed by atoms with E-state index in [1.54, 1.807) is 0 Å². The van der Waals surface area contributed by atoms with E-state index in [1.807, 2.05) is 0 Å². The third-order valence-corrected chi connectivity index (χ3v) is 16.4. The highest BCUT2D eigenvalue weighted by atomic mass is 31.2. The van der Waals surface area contributed by atoms with E-state index < -0.39 is 97.5 Å². The van der Waals surface area contributed by atoms with E-state index in [4.69, 9.17) is 37.0 Å². The van der Waals surface area contributed by atoms with E-state index in [0.29, 0.717) is 25.7 Å². The van der Waals surface area contributed by atoms with Gasteiger partial charge in [0.1, 0.15) is 19.3 Å². The van der Waals surface area contributed by atoms with Crippen molar-refractivity contribution in [1.29, 1.82) is 0 Å². The van der Waals surface area contributed by atoms with Gasteiger partial charge >= 0.3 is 39.5 Å². The average Bonchev–Trinajstić information content (AvgIpc) is 3.45. The Labute approximate surface area is 498 Å². The zero-order valence-electron chi connectivity index (χ0n) is 52.8. The first-order valence-corrected chi connectivity index (χ1v) is 36.0. The highest BCUT2D eigenvalue weighted by Crippen LogP contribution is 2.45. The van der Waals surface area contributed by atoms with Crippen molar-refractivity contribution in [2.45, 2.75) is 330 Å². The van der Waals surface area contributed by atoms with Crippen LogP contribution in [-0.2, 0) is 65.4 Å². The van der Waals surface area contributed by atoms with Gasteiger partial charge in [-0.15, -0.1) is 0 Å². The molecule has 0 aliphatic rings. The summed E-state index contributed by atoms with van der Waals surface area (Å²) >= 11 is 0. The monoisotopic (exact) mass is 1210 g/mol. The lowest BCUT2D eigenvalue weighted by atomic mass is 10.0. The maximum atomic E-state index is 13.0. The van der Waals surface area contributed by atoms with Crippen molar-refractivity contribution >= 4 is 39.5 Å². The van der Waals surface area contributed by atoms with Crippen molar-refractivity contribution < 1.29 is 80.2 Å². The number of phosphoric ester groups is 2. The van der Waals surface area contributed by atoms with Gasteiger partial charge in [0.15, 0.2) is 12.2 Å². The first kappa shape index (κ1) is 80.1. The lowest BCUT2D eigenvalue weighted by Gasteiger charge is -2.21. The van der Waals surface area contributed by atoms with Gasteiger partial charge in [-0.25, -0.2) is 9.13 Å². The van der Waals surface area contributed by atoms with E-state index in [9.17, 15) is 43.2 Å². The number of hydrogen-bond donors (Lipinski definition) is 3. The Morgan fingerprint density at radius 1 is 0.329 bits per heavy atom. The van der Waals surface area contributed by atoms with Gasteiger partial charge in [-0.2, -0.15) is 0 Å². The summed E-state index contributed by atoms with van der Waals surface area (Å²) in [7, 11) is -9.88. The van der Waals surface area contributed by atoms with Gasteiger partial charge in [-0.3, -0.25) is 37.3 Å². The minimum absolute atomic E-state index is 0.105. The van der Waals surface area contributed by atoms with E-state index in [2.05, 4.69) is 41.5 Å². The van der Waals surface area contributed by atoms with Crippen molar-refractivity contribution in [1.82, 2.24) is 0 Å². The maximum absolute atomic E-state index is 13.0. The second kappa shape index (κ2) is 55.6. The second-order valence-electron chi connectivity index (χ2n) is 23.7. The molecule has 0 aromatic carbocycles. The van der Waals surface area contributed by atoms with Crippen LogP contribution in [0.25, 0.3) is 0 Å². The van der Waals surface area contributed by atoms with Crippen LogP contribution in [0.3, 0.4) is 0 Å². The molecule has 0 fully saturated rings. The summed E-state index contributed by atoms with van der Waals surface area (Å²) < 4.78 is 67.7. The Morgan fingerprint density at radius 2 is 0.561 bits per heavy atom. The van der Waals surface area contributed by atoms with Gasteiger partial charge < -0.3 is 33.8 Å². The average molecular weight is 1210 g/mol. The predicted molar refractivity (Wildman–Crippen MR) is 326 cm³/mol. The Hall–Kier alpha value is -1.94. The summed E-state index contributed by atoms with van der Waals surface area (Å²) in [6, 6.07) is 0. The predicted octanol–water partition coefficient (Wildman–Crippen LogP) is 17.3. The molecule has 0 saturated carbocycles. The van der Waals surface area contributed by atoms with Crippen LogP contribution in [0.2, 0.25) is 0 Å². The molecule has 0 aliphatic heterocycles. The number of aliphatic hydroxyl groups is 1. The summed E-state index contributed by atoms with van der Waals surface area (Å²) in [6.07, 6.45) is 37.9. The maximum Gasteiger partial charge on any atom is 0.472 e. The summed E-state index contributed by atoms with van der Waals surface area (Å²) in [5.74, 6) is -0.633. The first-order chi connectivity index (χ1) is 39.4. The third kappa shape index (κ3) is 57.2. The van der Waals surface area contributed by atoms with E-state index >= 15 is 0 Å². The van der Waals surface area contributed by atoms with Crippen molar-refractivity contribution in [2.75, 3.05) is 39.6 Å². The molecule has 0 amide bonds. The van der Waals surface area contributed by atoms with Crippen LogP contribution in [0, 0.1) is 11.8 Å². The van der Waals surface area contributed by atoms with Gasteiger partial charge in [-0.05, 0) is 37.5 Å². The Kier molecular flexibility index (Phi) is 54.3. The lowest BCUT2D eigenvalue weighted by molar-refractivity contribution is -0.161. The Balaban J connectivity index is 5.16. The second-order valence-corrected chi connectivity index (χ2v) is 26.7. The number of esters is 4. The molecular weight excluding hydrogens is 1090 g/mol. The molecule has 17 nitrogen and oxygen atoms in total. The van der Waals surface area contributed by atoms with E-state index in [0.717, 1.165) is 108 Å². The fourth-order valence-electron chi connectivity index (χ4n) is 9.35. The zero-order valence-corrected chi connectivity index (χ0v) is 54.6. The van der Waals surface area contributed by atoms with Crippen LogP contribution in [0.1, 0.15) is 311 Å². The molecule has 82 heavy (non-hydrogen) atoms. The van der Waals surface area contributed by atoms with Crippen molar-refractivity contribution in [2.24, 2.45) is 11.8 Å². The van der Waals surface area contributed by atoms with Gasteiger partial charge in [0.05, 0.1) is 26.4 Å². The van der Waals surface area contributed by atoms with Gasteiger partial charge in [-0.1, -0.05) is 260 Å². The van der Waals surface area contributed by atoms with Crippen LogP contribution in [0.15, 0.2) is 0 Å². The summed E-state index contributed by atoms with van der Waals surface area (Å²) in [5.41, 5.74) is 0. The standard InChI is InChI=1S/C63H122O17P2/c1-7-9-11-13-14-15-22-29-35-41-47-62(67)79-58(51-73-60(65)45-39-31-12-10-8-2)53-77-81(69,70)75-49-57(64)50-76-82(71,72)78-54-59(52-74-61(66)46-40-34-28-25-24-27-33-38-44-56(5)6)80-63(68)48-42-36-30-23-20-18-16-17-19-21-26-32-37-43-55(3)4/h55-59,64H,7-54H2,1-6H3,(H,69,70)(H,71,72)/t57-,58+,59+/m0/s1. The fourth-order valence-corrected chi connectivity index (χ4v) is 10.9. The number of rotatable bonds is 62. The van der Waals surface area contributed by atoms with Gasteiger partial charge in [0.2, 0.25) is 0 Å². The molecule has 2 unspecified atom stereocenters. The summed E-state index contributed by atoms with van der Waals surface area (Å²) in [4.78, 5) is 71.9. The van der Waals surface area contributed by atoms with E-state index in [1.165, 1.54) is 122 Å². The number of hydrogen-bond acceptors (Lipinski definition) is 15. The van der Waals surface area contributed by atoms with E-state index in [-0.39, 0.29) is 25.7 Å². The molecule has 0 aromatic rings. The molecule has 486 valence electrons. The molecule has 0 bridgehead atoms. The minimum Gasteiger partial charge on any atom is -0.462 e. The summed E-state index contributed by atoms with van der Waals surface area (Å²) in [6.45, 7) is 9.38. The molecular formula is C63H122O17P2. The molecule has 0 saturated heterocycles. The molecule has 0 spiro atoms. The lowest BCUT2D eigenvalue weighted by Crippen LogP contribution is -2.30. The van der Waals surface area contributed by atoms with Gasteiger partial charge in [0, 0.05) is 25.7 Å². The highest BCUT2D eigenvalue weighted by Gasteiger charge is 2.30. The zero-order chi connectivity index (χ0) is 60.8. The van der Waals surface area contributed by atoms with Crippen LogP contribution in [0.5, 0.6) is 0 Å². The molecule has 0 radical (unpaired) electrons. The fraction of sp³-hybridized carbons (Fsp3) is 0.937. The molecule has 0 aliphatic carbocycles.